The van der Waals surface area contributed by atoms with Crippen LogP contribution in [0.4, 0.5) is 5.00 Å². The van der Waals surface area contributed by atoms with Crippen LogP contribution in [0.3, 0.4) is 0 Å². The number of hydrogen-bond acceptors (Lipinski definition) is 5. The molecule has 1 aromatic heterocycles. The second-order valence-corrected chi connectivity index (χ2v) is 7.97. The summed E-state index contributed by atoms with van der Waals surface area (Å²) in [5, 5.41) is 12.2. The highest BCUT2D eigenvalue weighted by atomic mass is 32.2. The lowest BCUT2D eigenvalue weighted by atomic mass is 10.1. The average molecular weight is 408 g/mol. The van der Waals surface area contributed by atoms with Crippen molar-refractivity contribution in [3.63, 3.8) is 0 Å². The van der Waals surface area contributed by atoms with Gasteiger partial charge in [-0.3, -0.25) is 9.59 Å². The number of anilines is 1. The molecule has 0 atom stereocenters. The molecule has 1 heterocycles. The summed E-state index contributed by atoms with van der Waals surface area (Å²) in [5.41, 5.74) is 8.32. The van der Waals surface area contributed by atoms with E-state index in [1.165, 1.54) is 23.1 Å². The van der Waals surface area contributed by atoms with Crippen LogP contribution in [0.15, 0.2) is 60.7 Å². The van der Waals surface area contributed by atoms with Crippen molar-refractivity contribution >= 4 is 39.9 Å². The molecule has 0 saturated carbocycles. The second-order valence-electron chi connectivity index (χ2n) is 5.94. The van der Waals surface area contributed by atoms with E-state index in [1.807, 2.05) is 48.5 Å². The lowest BCUT2D eigenvalue weighted by Crippen LogP contribution is -2.17. The molecule has 0 saturated heterocycles. The summed E-state index contributed by atoms with van der Waals surface area (Å²) in [6.07, 6.45) is 0. The van der Waals surface area contributed by atoms with Crippen molar-refractivity contribution in [3.05, 3.63) is 77.4 Å². The van der Waals surface area contributed by atoms with Crippen molar-refractivity contribution in [1.82, 2.24) is 0 Å². The van der Waals surface area contributed by atoms with Gasteiger partial charge in [0.05, 0.1) is 22.9 Å². The Hall–Kier alpha value is -3.08. The van der Waals surface area contributed by atoms with E-state index in [0.29, 0.717) is 21.9 Å². The van der Waals surface area contributed by atoms with Crippen molar-refractivity contribution in [2.45, 2.75) is 5.75 Å². The van der Waals surface area contributed by atoms with E-state index in [0.717, 1.165) is 16.0 Å². The van der Waals surface area contributed by atoms with Crippen LogP contribution in [0.2, 0.25) is 0 Å². The van der Waals surface area contributed by atoms with E-state index >= 15 is 0 Å². The van der Waals surface area contributed by atoms with Gasteiger partial charge in [0.25, 0.3) is 5.91 Å². The predicted octanol–water partition coefficient (Wildman–Crippen LogP) is 4.26. The number of amides is 2. The van der Waals surface area contributed by atoms with Gasteiger partial charge in [-0.15, -0.1) is 23.1 Å². The molecule has 0 unspecified atom stereocenters. The van der Waals surface area contributed by atoms with E-state index < -0.39 is 5.91 Å². The summed E-state index contributed by atoms with van der Waals surface area (Å²) in [5.74, 6) is 0.0684. The number of nitrogens with two attached hydrogens (primary N) is 1. The zero-order valence-electron chi connectivity index (χ0n) is 14.8. The average Bonchev–Trinajstić information content (AvgIpc) is 3.13. The molecule has 2 aromatic carbocycles. The Morgan fingerprint density at radius 1 is 1.11 bits per heavy atom. The number of carbonyl (C=O) groups excluding carboxylic acids is 2. The molecule has 0 aliphatic heterocycles. The molecular formula is C21H17N3O2S2. The van der Waals surface area contributed by atoms with Crippen LogP contribution < -0.4 is 11.1 Å². The maximum absolute atomic E-state index is 12.3. The van der Waals surface area contributed by atoms with Gasteiger partial charge < -0.3 is 11.1 Å². The lowest BCUT2D eigenvalue weighted by Gasteiger charge is -2.05. The van der Waals surface area contributed by atoms with E-state index in [2.05, 4.69) is 11.4 Å². The van der Waals surface area contributed by atoms with Crippen molar-refractivity contribution in [2.75, 3.05) is 11.1 Å². The second kappa shape index (κ2) is 9.22. The van der Waals surface area contributed by atoms with Gasteiger partial charge in [-0.05, 0) is 29.3 Å². The molecular weight excluding hydrogens is 390 g/mol. The first kappa shape index (κ1) is 19.7. The van der Waals surface area contributed by atoms with Crippen LogP contribution in [-0.4, -0.2) is 17.6 Å². The zero-order chi connectivity index (χ0) is 19.9. The minimum Gasteiger partial charge on any atom is -0.366 e. The van der Waals surface area contributed by atoms with E-state index in [9.17, 15) is 9.59 Å². The topological polar surface area (TPSA) is 96.0 Å². The first-order valence-corrected chi connectivity index (χ1v) is 10.4. The van der Waals surface area contributed by atoms with E-state index in [-0.39, 0.29) is 11.7 Å². The van der Waals surface area contributed by atoms with Gasteiger partial charge in [0.15, 0.2) is 0 Å². The van der Waals surface area contributed by atoms with Gasteiger partial charge in [0, 0.05) is 10.6 Å². The molecule has 3 N–H and O–H groups in total. The van der Waals surface area contributed by atoms with Crippen LogP contribution in [0.1, 0.15) is 21.5 Å². The number of rotatable bonds is 7. The molecule has 0 radical (unpaired) electrons. The highest BCUT2D eigenvalue weighted by Gasteiger charge is 2.16. The number of nitrogens with zero attached hydrogens (tertiary/aromatic N) is 1. The number of primary amides is 1. The first-order valence-electron chi connectivity index (χ1n) is 8.42. The van der Waals surface area contributed by atoms with Crippen molar-refractivity contribution < 1.29 is 9.59 Å². The molecule has 0 bridgehead atoms. The summed E-state index contributed by atoms with van der Waals surface area (Å²) in [7, 11) is 0. The minimum atomic E-state index is -0.574. The maximum Gasteiger partial charge on any atom is 0.251 e. The SMILES string of the molecule is N#Cc1cccc(CSCC(=O)Nc2sc(-c3ccccc3)cc2C(N)=O)c1. The first-order chi connectivity index (χ1) is 13.6. The Morgan fingerprint density at radius 2 is 1.89 bits per heavy atom. The maximum atomic E-state index is 12.3. The highest BCUT2D eigenvalue weighted by Crippen LogP contribution is 2.35. The molecule has 5 nitrogen and oxygen atoms in total. The van der Waals surface area contributed by atoms with Crippen molar-refractivity contribution in [1.29, 1.82) is 5.26 Å². The summed E-state index contributed by atoms with van der Waals surface area (Å²) < 4.78 is 0. The molecule has 28 heavy (non-hydrogen) atoms. The van der Waals surface area contributed by atoms with Crippen molar-refractivity contribution in [3.8, 4) is 16.5 Å². The Bertz CT molecular complexity index is 1040. The molecule has 0 aliphatic rings. The summed E-state index contributed by atoms with van der Waals surface area (Å²) in [6, 6.07) is 20.7. The largest absolute Gasteiger partial charge is 0.366 e. The number of thioether (sulfide) groups is 1. The Labute approximate surface area is 171 Å². The lowest BCUT2D eigenvalue weighted by molar-refractivity contribution is -0.113. The number of nitrogens with one attached hydrogen (secondary N) is 1. The third-order valence-electron chi connectivity index (χ3n) is 3.87. The summed E-state index contributed by atoms with van der Waals surface area (Å²) in [4.78, 5) is 24.9. The molecule has 140 valence electrons. The molecule has 0 aliphatic carbocycles. The normalized spacial score (nSPS) is 10.2. The molecule has 0 fully saturated rings. The van der Waals surface area contributed by atoms with Gasteiger partial charge in [-0.2, -0.15) is 5.26 Å². The van der Waals surface area contributed by atoms with Gasteiger partial charge >= 0.3 is 0 Å². The number of benzene rings is 2. The zero-order valence-corrected chi connectivity index (χ0v) is 16.5. The fourth-order valence-corrected chi connectivity index (χ4v) is 4.43. The third-order valence-corrected chi connectivity index (χ3v) is 5.97. The standard InChI is InChI=1S/C21H17N3O2S2/c22-11-14-5-4-6-15(9-14)12-27-13-19(25)24-21-17(20(23)26)10-18(28-21)16-7-2-1-3-8-16/h1-10H,12-13H2,(H2,23,26)(H,24,25). The fourth-order valence-electron chi connectivity index (χ4n) is 2.57. The van der Waals surface area contributed by atoms with E-state index in [4.69, 9.17) is 11.0 Å². The Kier molecular flexibility index (Phi) is 6.48. The molecule has 2 amide bonds. The quantitative estimate of drug-likeness (QED) is 0.612. The molecule has 0 spiro atoms. The van der Waals surface area contributed by atoms with Crippen LogP contribution in [-0.2, 0) is 10.5 Å². The number of thiophene rings is 1. The van der Waals surface area contributed by atoms with Crippen LogP contribution in [0, 0.1) is 11.3 Å². The third kappa shape index (κ3) is 5.00. The van der Waals surface area contributed by atoms with Crippen LogP contribution in [0.25, 0.3) is 10.4 Å². The van der Waals surface area contributed by atoms with Gasteiger partial charge in [0.1, 0.15) is 5.00 Å². The molecule has 3 aromatic rings. The smallest absolute Gasteiger partial charge is 0.251 e. The van der Waals surface area contributed by atoms with Crippen LogP contribution >= 0.6 is 23.1 Å². The summed E-state index contributed by atoms with van der Waals surface area (Å²) in [6.45, 7) is 0. The van der Waals surface area contributed by atoms with E-state index in [1.54, 1.807) is 12.1 Å². The number of hydrogen-bond donors (Lipinski definition) is 2. The summed E-state index contributed by atoms with van der Waals surface area (Å²) >= 11 is 2.76. The van der Waals surface area contributed by atoms with Gasteiger partial charge in [0.2, 0.25) is 5.91 Å². The molecule has 3 rings (SSSR count). The number of nitriles is 1. The Balaban J connectivity index is 1.64. The number of carbonyl (C=O) groups is 2. The Morgan fingerprint density at radius 3 is 2.61 bits per heavy atom. The molecule has 7 heteroatoms. The van der Waals surface area contributed by atoms with Crippen molar-refractivity contribution in [2.24, 2.45) is 5.73 Å². The minimum absolute atomic E-state index is 0.203. The van der Waals surface area contributed by atoms with Gasteiger partial charge in [-0.25, -0.2) is 0 Å². The fraction of sp³-hybridized carbons (Fsp3) is 0.0952. The highest BCUT2D eigenvalue weighted by molar-refractivity contribution is 7.99. The predicted molar refractivity (Wildman–Crippen MR) is 114 cm³/mol. The van der Waals surface area contributed by atoms with Crippen LogP contribution in [0.5, 0.6) is 0 Å². The monoisotopic (exact) mass is 407 g/mol. The van der Waals surface area contributed by atoms with Gasteiger partial charge in [-0.1, -0.05) is 42.5 Å².